The SMILES string of the molecule is O=C(OCC(C[NH+]1CCOCC1)OC(=O)c1cc(I)cc(I)c1I)c1cc(I)cc(I)c1I. The molecule has 1 saturated heterocycles. The lowest BCUT2D eigenvalue weighted by Crippen LogP contribution is -3.15. The van der Waals surface area contributed by atoms with Crippen molar-refractivity contribution in [1.29, 1.82) is 0 Å². The largest absolute Gasteiger partial charge is 0.458 e. The quantitative estimate of drug-likeness (QED) is 0.250. The van der Waals surface area contributed by atoms with Crippen molar-refractivity contribution < 1.29 is 28.7 Å². The molecule has 6 nitrogen and oxygen atoms in total. The Morgan fingerprint density at radius 3 is 1.91 bits per heavy atom. The number of carbonyl (C=O) groups excluding carboxylic acids is 2. The second-order valence-corrected chi connectivity index (χ2v) is 14.2. The van der Waals surface area contributed by atoms with Crippen LogP contribution in [0, 0.1) is 21.4 Å². The van der Waals surface area contributed by atoms with Crippen molar-refractivity contribution in [2.24, 2.45) is 0 Å². The average Bonchev–Trinajstić information content (AvgIpc) is 2.77. The number of morpholine rings is 1. The first-order valence-corrected chi connectivity index (χ1v) is 16.2. The van der Waals surface area contributed by atoms with E-state index in [1.54, 1.807) is 0 Å². The van der Waals surface area contributed by atoms with E-state index in [4.69, 9.17) is 14.2 Å². The summed E-state index contributed by atoms with van der Waals surface area (Å²) in [5, 5.41) is 0. The number of benzene rings is 2. The third kappa shape index (κ3) is 8.60. The highest BCUT2D eigenvalue weighted by atomic mass is 127. The van der Waals surface area contributed by atoms with Crippen LogP contribution in [0.5, 0.6) is 0 Å². The molecule has 2 aromatic carbocycles. The van der Waals surface area contributed by atoms with Gasteiger partial charge in [-0.3, -0.25) is 0 Å². The topological polar surface area (TPSA) is 66.3 Å². The van der Waals surface area contributed by atoms with Gasteiger partial charge in [-0.25, -0.2) is 9.59 Å². The fourth-order valence-corrected chi connectivity index (χ4v) is 7.94. The molecule has 178 valence electrons. The van der Waals surface area contributed by atoms with Crippen LogP contribution < -0.4 is 4.90 Å². The zero-order valence-corrected chi connectivity index (χ0v) is 29.9. The number of quaternary nitrogens is 1. The van der Waals surface area contributed by atoms with Crippen LogP contribution in [0.15, 0.2) is 24.3 Å². The monoisotopic (exact) mass is 1130 g/mol. The summed E-state index contributed by atoms with van der Waals surface area (Å²) in [4.78, 5) is 27.2. The van der Waals surface area contributed by atoms with Gasteiger partial charge in [0, 0.05) is 21.4 Å². The van der Waals surface area contributed by atoms with E-state index in [0.717, 1.165) is 34.5 Å². The lowest BCUT2D eigenvalue weighted by Gasteiger charge is -2.27. The number of carbonyl (C=O) groups is 2. The van der Waals surface area contributed by atoms with Gasteiger partial charge in [0.2, 0.25) is 0 Å². The summed E-state index contributed by atoms with van der Waals surface area (Å²) in [5.74, 6) is -0.810. The van der Waals surface area contributed by atoms with Crippen molar-refractivity contribution in [3.8, 4) is 0 Å². The van der Waals surface area contributed by atoms with Crippen LogP contribution in [0.25, 0.3) is 0 Å². The molecule has 1 fully saturated rings. The molecule has 1 N–H and O–H groups in total. The van der Waals surface area contributed by atoms with E-state index in [9.17, 15) is 9.59 Å². The number of hydrogen-bond acceptors (Lipinski definition) is 5. The molecule has 2 aromatic rings. The molecule has 1 aliphatic heterocycles. The minimum absolute atomic E-state index is 0.00462. The van der Waals surface area contributed by atoms with Crippen LogP contribution in [0.4, 0.5) is 0 Å². The van der Waals surface area contributed by atoms with Gasteiger partial charge >= 0.3 is 11.9 Å². The zero-order chi connectivity index (χ0) is 24.1. The van der Waals surface area contributed by atoms with Crippen LogP contribution in [-0.2, 0) is 14.2 Å². The van der Waals surface area contributed by atoms with Crippen LogP contribution in [0.3, 0.4) is 0 Å². The molecule has 0 saturated carbocycles. The van der Waals surface area contributed by atoms with E-state index in [0.29, 0.717) is 30.9 Å². The molecule has 1 heterocycles. The molecule has 1 unspecified atom stereocenters. The maximum absolute atomic E-state index is 13.1. The van der Waals surface area contributed by atoms with Gasteiger partial charge in [0.15, 0.2) is 6.10 Å². The van der Waals surface area contributed by atoms with Crippen LogP contribution in [0.2, 0.25) is 0 Å². The molecule has 0 amide bonds. The molecule has 12 heteroatoms. The normalized spacial score (nSPS) is 15.2. The first-order valence-electron chi connectivity index (χ1n) is 9.74. The molecule has 0 radical (unpaired) electrons. The van der Waals surface area contributed by atoms with E-state index in [-0.39, 0.29) is 6.61 Å². The molecule has 0 bridgehead atoms. The summed E-state index contributed by atoms with van der Waals surface area (Å²) in [6.45, 7) is 3.55. The number of hydrogen-bond donors (Lipinski definition) is 1. The van der Waals surface area contributed by atoms with Gasteiger partial charge < -0.3 is 19.1 Å². The van der Waals surface area contributed by atoms with E-state index in [1.807, 2.05) is 24.3 Å². The van der Waals surface area contributed by atoms with E-state index >= 15 is 0 Å². The Balaban J connectivity index is 1.75. The summed E-state index contributed by atoms with van der Waals surface area (Å²) in [7, 11) is 0. The predicted molar refractivity (Wildman–Crippen MR) is 175 cm³/mol. The highest BCUT2D eigenvalue weighted by Gasteiger charge is 2.27. The number of halogens is 6. The van der Waals surface area contributed by atoms with Gasteiger partial charge in [0.25, 0.3) is 0 Å². The summed E-state index contributed by atoms with van der Waals surface area (Å²) >= 11 is 13.1. The molecule has 0 aliphatic carbocycles. The fourth-order valence-electron chi connectivity index (χ4n) is 3.19. The van der Waals surface area contributed by atoms with E-state index in [2.05, 4.69) is 136 Å². The van der Waals surface area contributed by atoms with E-state index < -0.39 is 18.0 Å². The minimum Gasteiger partial charge on any atom is -0.458 e. The molecule has 0 aromatic heterocycles. The second-order valence-electron chi connectivity index (χ2n) is 7.19. The summed E-state index contributed by atoms with van der Waals surface area (Å²) < 4.78 is 22.6. The molecular formula is C21H18I6NO5+. The average molecular weight is 1130 g/mol. The first kappa shape index (κ1) is 29.2. The zero-order valence-electron chi connectivity index (χ0n) is 16.9. The second kappa shape index (κ2) is 14.0. The molecule has 1 aliphatic rings. The smallest absolute Gasteiger partial charge is 0.339 e. The Kier molecular flexibility index (Phi) is 12.4. The highest BCUT2D eigenvalue weighted by Crippen LogP contribution is 2.25. The van der Waals surface area contributed by atoms with Gasteiger partial charge in [0.1, 0.15) is 26.2 Å². The number of rotatable bonds is 7. The van der Waals surface area contributed by atoms with Crippen molar-refractivity contribution in [3.05, 3.63) is 56.8 Å². The summed E-state index contributed by atoms with van der Waals surface area (Å²) in [5.41, 5.74) is 1.05. The van der Waals surface area contributed by atoms with Crippen molar-refractivity contribution in [2.45, 2.75) is 6.10 Å². The lowest BCUT2D eigenvalue weighted by atomic mass is 10.2. The van der Waals surface area contributed by atoms with Crippen LogP contribution >= 0.6 is 136 Å². The molecule has 0 spiro atoms. The van der Waals surface area contributed by atoms with Crippen molar-refractivity contribution in [2.75, 3.05) is 39.5 Å². The summed E-state index contributed by atoms with van der Waals surface area (Å²) in [6.07, 6.45) is -0.555. The fraction of sp³-hybridized carbons (Fsp3) is 0.333. The molecule has 33 heavy (non-hydrogen) atoms. The summed E-state index contributed by atoms with van der Waals surface area (Å²) in [6, 6.07) is 7.67. The molecule has 3 rings (SSSR count). The maximum atomic E-state index is 13.1. The van der Waals surface area contributed by atoms with Gasteiger partial charge in [-0.15, -0.1) is 0 Å². The Morgan fingerprint density at radius 1 is 0.848 bits per heavy atom. The third-order valence-electron chi connectivity index (χ3n) is 4.82. The van der Waals surface area contributed by atoms with Crippen LogP contribution in [0.1, 0.15) is 20.7 Å². The van der Waals surface area contributed by atoms with Gasteiger partial charge in [0.05, 0.1) is 24.3 Å². The highest BCUT2D eigenvalue weighted by molar-refractivity contribution is 14.1. The van der Waals surface area contributed by atoms with Crippen molar-refractivity contribution >= 4 is 147 Å². The first-order chi connectivity index (χ1) is 15.7. The number of nitrogens with one attached hydrogen (secondary N) is 1. The lowest BCUT2D eigenvalue weighted by molar-refractivity contribution is -0.910. The Labute approximate surface area is 274 Å². The van der Waals surface area contributed by atoms with Crippen LogP contribution in [-0.4, -0.2) is 57.5 Å². The predicted octanol–water partition coefficient (Wildman–Crippen LogP) is 4.61. The Bertz CT molecular complexity index is 1040. The van der Waals surface area contributed by atoms with Gasteiger partial charge in [-0.05, 0) is 160 Å². The molecular weight excluding hydrogens is 1110 g/mol. The van der Waals surface area contributed by atoms with Crippen molar-refractivity contribution in [3.63, 3.8) is 0 Å². The van der Waals surface area contributed by atoms with E-state index in [1.165, 1.54) is 4.90 Å². The molecule has 1 atom stereocenters. The standard InChI is InChI=1S/C21H17I6NO5/c22-11-5-14(18(26)16(24)7-11)20(29)32-10-13(9-28-1-3-31-4-2-28)33-21(30)15-6-12(23)8-17(25)19(15)27/h5-8,13H,1-4,9-10H2/p+1. The van der Waals surface area contributed by atoms with Gasteiger partial charge in [-0.1, -0.05) is 0 Å². The number of esters is 2. The van der Waals surface area contributed by atoms with Crippen molar-refractivity contribution in [1.82, 2.24) is 0 Å². The Hall–Kier alpha value is 1.68. The Morgan fingerprint density at radius 2 is 1.36 bits per heavy atom. The van der Waals surface area contributed by atoms with Gasteiger partial charge in [-0.2, -0.15) is 0 Å². The third-order valence-corrected chi connectivity index (χ3v) is 12.2. The minimum atomic E-state index is -0.555. The maximum Gasteiger partial charge on any atom is 0.339 e. The number of ether oxygens (including phenoxy) is 3.